The Morgan fingerprint density at radius 2 is 2.07 bits per heavy atom. The van der Waals surface area contributed by atoms with Crippen molar-refractivity contribution in [1.29, 1.82) is 0 Å². The third-order valence-corrected chi connectivity index (χ3v) is 5.65. The van der Waals surface area contributed by atoms with E-state index in [-0.39, 0.29) is 12.0 Å². The average molecular weight is 405 g/mol. The lowest BCUT2D eigenvalue weighted by Gasteiger charge is -2.39. The van der Waals surface area contributed by atoms with E-state index in [1.807, 2.05) is 38.1 Å². The number of hydrogen-bond donors (Lipinski definition) is 2. The Balaban J connectivity index is 1.53. The highest BCUT2D eigenvalue weighted by atomic mass is 16.6. The van der Waals surface area contributed by atoms with Gasteiger partial charge in [-0.05, 0) is 44.2 Å². The van der Waals surface area contributed by atoms with Crippen molar-refractivity contribution in [3.05, 3.63) is 47.7 Å². The molecule has 3 aromatic rings. The van der Waals surface area contributed by atoms with E-state index >= 15 is 0 Å². The van der Waals surface area contributed by atoms with Crippen LogP contribution in [-0.2, 0) is 10.3 Å². The van der Waals surface area contributed by atoms with Gasteiger partial charge in [-0.15, -0.1) is 0 Å². The van der Waals surface area contributed by atoms with Crippen LogP contribution in [0.1, 0.15) is 29.8 Å². The Morgan fingerprint density at radius 3 is 2.80 bits per heavy atom. The minimum atomic E-state index is -0.662. The van der Waals surface area contributed by atoms with Crippen LogP contribution in [-0.4, -0.2) is 42.2 Å². The van der Waals surface area contributed by atoms with E-state index in [2.05, 4.69) is 15.2 Å². The molecular formula is C22H23N5O3. The first-order valence-corrected chi connectivity index (χ1v) is 9.85. The zero-order chi connectivity index (χ0) is 21.0. The maximum atomic E-state index is 12.0. The summed E-state index contributed by atoms with van der Waals surface area (Å²) in [4.78, 5) is 23.5. The molecule has 3 heterocycles. The number of ether oxygens (including phenoxy) is 2. The van der Waals surface area contributed by atoms with Crippen LogP contribution >= 0.6 is 0 Å². The summed E-state index contributed by atoms with van der Waals surface area (Å²) in [6.45, 7) is 5.34. The van der Waals surface area contributed by atoms with Gasteiger partial charge in [-0.2, -0.15) is 0 Å². The fourth-order valence-corrected chi connectivity index (χ4v) is 4.05. The molecule has 0 bridgehead atoms. The molecule has 0 radical (unpaired) electrons. The van der Waals surface area contributed by atoms with Crippen LogP contribution in [0.2, 0.25) is 0 Å². The molecule has 0 spiro atoms. The van der Waals surface area contributed by atoms with E-state index in [0.29, 0.717) is 11.5 Å². The number of nitrogens with two attached hydrogens (primary N) is 1. The lowest BCUT2D eigenvalue weighted by atomic mass is 9.95. The number of benzene rings is 2. The van der Waals surface area contributed by atoms with Crippen LogP contribution in [0.4, 0.5) is 17.3 Å². The van der Waals surface area contributed by atoms with Gasteiger partial charge < -0.3 is 25.4 Å². The summed E-state index contributed by atoms with van der Waals surface area (Å²) in [5.74, 6) is 0.887. The van der Waals surface area contributed by atoms with Crippen LogP contribution in [0.5, 0.6) is 5.75 Å². The maximum absolute atomic E-state index is 12.0. The molecule has 0 aliphatic carbocycles. The SMILES string of the molecule is COc1ccc(N2CC(N)C2)c2nc(Nc3ccc4c(c3)C(C)(C)OC4=O)ncc12. The zero-order valence-corrected chi connectivity index (χ0v) is 17.1. The van der Waals surface area contributed by atoms with E-state index in [0.717, 1.165) is 46.7 Å². The number of anilines is 3. The Morgan fingerprint density at radius 1 is 1.27 bits per heavy atom. The third kappa shape index (κ3) is 2.91. The zero-order valence-electron chi connectivity index (χ0n) is 17.1. The molecule has 0 amide bonds. The fraction of sp³-hybridized carbons (Fsp3) is 0.318. The van der Waals surface area contributed by atoms with Crippen molar-refractivity contribution < 1.29 is 14.3 Å². The second kappa shape index (κ2) is 6.56. The molecule has 1 saturated heterocycles. The van der Waals surface area contributed by atoms with Gasteiger partial charge in [0.05, 0.1) is 23.7 Å². The number of methoxy groups -OCH3 is 1. The third-order valence-electron chi connectivity index (χ3n) is 5.65. The minimum absolute atomic E-state index is 0.182. The number of cyclic esters (lactones) is 1. The fourth-order valence-electron chi connectivity index (χ4n) is 4.05. The van der Waals surface area contributed by atoms with Crippen LogP contribution < -0.4 is 20.7 Å². The van der Waals surface area contributed by atoms with Gasteiger partial charge in [-0.1, -0.05) is 0 Å². The Hall–Kier alpha value is -3.39. The summed E-state index contributed by atoms with van der Waals surface area (Å²) >= 11 is 0. The standard InChI is InChI=1S/C22H23N5O3/c1-22(2)16-8-13(4-5-14(16)20(28)30-22)25-21-24-9-15-18(29-3)7-6-17(19(15)26-21)27-10-12(23)11-27/h4-9,12H,10-11,23H2,1-3H3,(H,24,25,26). The summed E-state index contributed by atoms with van der Waals surface area (Å²) in [5.41, 5.74) is 9.34. The smallest absolute Gasteiger partial charge is 0.339 e. The Labute approximate surface area is 174 Å². The molecule has 8 heteroatoms. The van der Waals surface area contributed by atoms with E-state index in [1.54, 1.807) is 19.4 Å². The molecular weight excluding hydrogens is 382 g/mol. The second-order valence-electron chi connectivity index (χ2n) is 8.19. The van der Waals surface area contributed by atoms with Gasteiger partial charge in [0.25, 0.3) is 0 Å². The molecule has 2 aromatic carbocycles. The lowest BCUT2D eigenvalue weighted by Crippen LogP contribution is -2.55. The van der Waals surface area contributed by atoms with Crippen molar-refractivity contribution in [3.8, 4) is 5.75 Å². The van der Waals surface area contributed by atoms with Crippen molar-refractivity contribution in [2.45, 2.75) is 25.5 Å². The first-order chi connectivity index (χ1) is 14.4. The van der Waals surface area contributed by atoms with Crippen LogP contribution in [0.3, 0.4) is 0 Å². The molecule has 30 heavy (non-hydrogen) atoms. The largest absolute Gasteiger partial charge is 0.496 e. The summed E-state index contributed by atoms with van der Waals surface area (Å²) in [7, 11) is 1.63. The van der Waals surface area contributed by atoms with Gasteiger partial charge >= 0.3 is 5.97 Å². The number of carbonyl (C=O) groups excluding carboxylic acids is 1. The number of fused-ring (bicyclic) bond motifs is 2. The monoisotopic (exact) mass is 405 g/mol. The van der Waals surface area contributed by atoms with Crippen molar-refractivity contribution in [1.82, 2.24) is 9.97 Å². The Bertz CT molecular complexity index is 1170. The number of carbonyl (C=O) groups is 1. The summed E-state index contributed by atoms with van der Waals surface area (Å²) in [6, 6.07) is 9.62. The van der Waals surface area contributed by atoms with Gasteiger partial charge in [-0.25, -0.2) is 14.8 Å². The van der Waals surface area contributed by atoms with E-state index in [4.69, 9.17) is 20.2 Å². The lowest BCUT2D eigenvalue weighted by molar-refractivity contribution is 0.00955. The van der Waals surface area contributed by atoms with E-state index in [9.17, 15) is 4.79 Å². The summed E-state index contributed by atoms with van der Waals surface area (Å²) in [6.07, 6.45) is 1.76. The van der Waals surface area contributed by atoms with Crippen LogP contribution in [0.25, 0.3) is 10.9 Å². The highest BCUT2D eigenvalue weighted by Gasteiger charge is 2.37. The van der Waals surface area contributed by atoms with E-state index < -0.39 is 5.60 Å². The Kier molecular flexibility index (Phi) is 4.08. The number of aromatic nitrogens is 2. The number of rotatable bonds is 4. The molecule has 3 N–H and O–H groups in total. The molecule has 8 nitrogen and oxygen atoms in total. The molecule has 2 aliphatic rings. The quantitative estimate of drug-likeness (QED) is 0.639. The van der Waals surface area contributed by atoms with Crippen LogP contribution in [0.15, 0.2) is 36.5 Å². The van der Waals surface area contributed by atoms with Crippen molar-refractivity contribution in [2.75, 3.05) is 30.4 Å². The molecule has 1 fully saturated rings. The van der Waals surface area contributed by atoms with Gasteiger partial charge in [0.15, 0.2) is 0 Å². The number of esters is 1. The normalized spacial score (nSPS) is 17.5. The number of hydrogen-bond acceptors (Lipinski definition) is 8. The van der Waals surface area contributed by atoms with Crippen molar-refractivity contribution >= 4 is 34.2 Å². The first kappa shape index (κ1) is 18.6. The molecule has 154 valence electrons. The molecule has 0 unspecified atom stereocenters. The van der Waals surface area contributed by atoms with Crippen LogP contribution in [0, 0.1) is 0 Å². The summed E-state index contributed by atoms with van der Waals surface area (Å²) in [5, 5.41) is 4.10. The first-order valence-electron chi connectivity index (χ1n) is 9.85. The van der Waals surface area contributed by atoms with Gasteiger partial charge in [0.2, 0.25) is 5.95 Å². The van der Waals surface area contributed by atoms with Crippen molar-refractivity contribution in [3.63, 3.8) is 0 Å². The van der Waals surface area contributed by atoms with E-state index in [1.165, 1.54) is 0 Å². The molecule has 0 saturated carbocycles. The number of nitrogens with zero attached hydrogens (tertiary/aromatic N) is 3. The average Bonchev–Trinajstić information content (AvgIpc) is 2.93. The topological polar surface area (TPSA) is 103 Å². The summed E-state index contributed by atoms with van der Waals surface area (Å²) < 4.78 is 10.9. The minimum Gasteiger partial charge on any atom is -0.496 e. The van der Waals surface area contributed by atoms with Gasteiger partial charge in [-0.3, -0.25) is 0 Å². The predicted molar refractivity (Wildman–Crippen MR) is 114 cm³/mol. The molecule has 1 aromatic heterocycles. The van der Waals surface area contributed by atoms with Gasteiger partial charge in [0, 0.05) is 36.6 Å². The maximum Gasteiger partial charge on any atom is 0.339 e. The predicted octanol–water partition coefficient (Wildman–Crippen LogP) is 2.93. The number of nitrogens with one attached hydrogen (secondary N) is 1. The van der Waals surface area contributed by atoms with Gasteiger partial charge in [0.1, 0.15) is 16.9 Å². The van der Waals surface area contributed by atoms with Crippen molar-refractivity contribution in [2.24, 2.45) is 5.73 Å². The molecule has 2 aliphatic heterocycles. The molecule has 0 atom stereocenters. The second-order valence-corrected chi connectivity index (χ2v) is 8.19. The highest BCUT2D eigenvalue weighted by molar-refractivity contribution is 5.96. The molecule has 5 rings (SSSR count). The highest BCUT2D eigenvalue weighted by Crippen LogP contribution is 2.38.